The van der Waals surface area contributed by atoms with E-state index in [2.05, 4.69) is 15.0 Å². The van der Waals surface area contributed by atoms with E-state index in [9.17, 15) is 17.6 Å². The van der Waals surface area contributed by atoms with Crippen LogP contribution in [0.4, 0.5) is 26.0 Å². The van der Waals surface area contributed by atoms with Crippen molar-refractivity contribution in [3.05, 3.63) is 71.4 Å². The van der Waals surface area contributed by atoms with Gasteiger partial charge in [-0.25, -0.2) is 22.2 Å². The number of ketones is 1. The first-order chi connectivity index (χ1) is 16.6. The number of anilines is 3. The molecule has 1 atom stereocenters. The van der Waals surface area contributed by atoms with E-state index in [1.165, 1.54) is 0 Å². The van der Waals surface area contributed by atoms with Crippen molar-refractivity contribution >= 4 is 33.0 Å². The van der Waals surface area contributed by atoms with Crippen LogP contribution in [0, 0.1) is 11.6 Å². The van der Waals surface area contributed by atoms with E-state index in [-0.39, 0.29) is 12.3 Å². The number of hydrogen-bond acceptors (Lipinski definition) is 6. The number of nitrogens with zero attached hydrogens (tertiary/aromatic N) is 2. The molecule has 7 nitrogen and oxygen atoms in total. The van der Waals surface area contributed by atoms with Crippen LogP contribution in [0.2, 0.25) is 0 Å². The molecule has 2 aromatic carbocycles. The normalized spacial score (nSPS) is 14.8. The predicted octanol–water partition coefficient (Wildman–Crippen LogP) is 4.64. The van der Waals surface area contributed by atoms with Crippen molar-refractivity contribution in [2.75, 3.05) is 41.3 Å². The predicted molar refractivity (Wildman–Crippen MR) is 134 cm³/mol. The second kappa shape index (κ2) is 9.61. The minimum Gasteiger partial charge on any atom is -0.378 e. The summed E-state index contributed by atoms with van der Waals surface area (Å²) in [5.41, 5.74) is 1.92. The van der Waals surface area contributed by atoms with Crippen molar-refractivity contribution in [1.29, 1.82) is 0 Å². The van der Waals surface area contributed by atoms with E-state index in [0.29, 0.717) is 17.8 Å². The molecule has 0 fully saturated rings. The zero-order valence-corrected chi connectivity index (χ0v) is 20.4. The molecule has 0 radical (unpaired) electrons. The van der Waals surface area contributed by atoms with Crippen LogP contribution in [0.25, 0.3) is 11.1 Å². The first-order valence-electron chi connectivity index (χ1n) is 11.2. The van der Waals surface area contributed by atoms with E-state index in [1.807, 2.05) is 43.3 Å². The van der Waals surface area contributed by atoms with Crippen LogP contribution in [0.3, 0.4) is 0 Å². The van der Waals surface area contributed by atoms with E-state index >= 15 is 4.39 Å². The first-order valence-corrected chi connectivity index (χ1v) is 12.8. The number of fused-ring (bicyclic) bond motifs is 1. The number of halogens is 2. The Balaban J connectivity index is 1.70. The Bertz CT molecular complexity index is 1390. The Hall–Kier alpha value is -3.53. The average Bonchev–Trinajstić information content (AvgIpc) is 3.24. The van der Waals surface area contributed by atoms with Crippen LogP contribution in [0.15, 0.2) is 48.7 Å². The molecule has 1 aromatic heterocycles. The number of nitrogens with one attached hydrogen (secondary N) is 2. The number of carbonyl (C=O) groups excluding carboxylic acids is 1. The van der Waals surface area contributed by atoms with Gasteiger partial charge in [-0.05, 0) is 42.3 Å². The van der Waals surface area contributed by atoms with Crippen LogP contribution < -0.4 is 14.9 Å². The molecule has 0 amide bonds. The summed E-state index contributed by atoms with van der Waals surface area (Å²) in [4.78, 5) is 19.7. The largest absolute Gasteiger partial charge is 0.378 e. The van der Waals surface area contributed by atoms with E-state index in [4.69, 9.17) is 0 Å². The number of rotatable bonds is 8. The molecular formula is C25H26F2N4O3S. The Morgan fingerprint density at radius 1 is 1.17 bits per heavy atom. The van der Waals surface area contributed by atoms with Gasteiger partial charge in [0.2, 0.25) is 10.0 Å². The molecule has 0 bridgehead atoms. The molecule has 1 aliphatic rings. The van der Waals surface area contributed by atoms with Gasteiger partial charge >= 0.3 is 0 Å². The first kappa shape index (κ1) is 24.6. The Labute approximate surface area is 203 Å². The van der Waals surface area contributed by atoms with Gasteiger partial charge in [-0.2, -0.15) is 0 Å². The minimum atomic E-state index is -3.83. The zero-order valence-electron chi connectivity index (χ0n) is 19.6. The lowest BCUT2D eigenvalue weighted by atomic mass is 9.91. The molecule has 35 heavy (non-hydrogen) atoms. The maximum absolute atomic E-state index is 15.2. The van der Waals surface area contributed by atoms with Gasteiger partial charge in [-0.15, -0.1) is 0 Å². The van der Waals surface area contributed by atoms with Crippen LogP contribution in [0.5, 0.6) is 0 Å². The van der Waals surface area contributed by atoms with Gasteiger partial charge in [-0.3, -0.25) is 9.52 Å². The summed E-state index contributed by atoms with van der Waals surface area (Å²) >= 11 is 0. The number of benzene rings is 2. The summed E-state index contributed by atoms with van der Waals surface area (Å²) < 4.78 is 56.2. The van der Waals surface area contributed by atoms with E-state index in [1.54, 1.807) is 19.2 Å². The van der Waals surface area contributed by atoms with Crippen molar-refractivity contribution in [2.24, 2.45) is 0 Å². The van der Waals surface area contributed by atoms with Crippen molar-refractivity contribution < 1.29 is 22.0 Å². The maximum atomic E-state index is 15.2. The van der Waals surface area contributed by atoms with E-state index in [0.717, 1.165) is 28.9 Å². The minimum absolute atomic E-state index is 0.118. The van der Waals surface area contributed by atoms with Crippen LogP contribution in [-0.2, 0) is 10.0 Å². The molecule has 3 aromatic rings. The van der Waals surface area contributed by atoms with Crippen molar-refractivity contribution in [3.8, 4) is 11.1 Å². The quantitative estimate of drug-likeness (QED) is 0.438. The maximum Gasteiger partial charge on any atom is 0.232 e. The van der Waals surface area contributed by atoms with Gasteiger partial charge in [0.25, 0.3) is 0 Å². The van der Waals surface area contributed by atoms with Gasteiger partial charge in [0.05, 0.1) is 22.9 Å². The van der Waals surface area contributed by atoms with Crippen molar-refractivity contribution in [1.82, 2.24) is 4.98 Å². The number of aromatic nitrogens is 1. The number of Topliss-reactive ketones (excluding diaryl/α,β-unsaturated/α-hetero) is 1. The second-order valence-electron chi connectivity index (χ2n) is 8.61. The average molecular weight is 501 g/mol. The van der Waals surface area contributed by atoms with Crippen LogP contribution >= 0.6 is 0 Å². The summed E-state index contributed by atoms with van der Waals surface area (Å²) in [6.07, 6.45) is 2.00. The van der Waals surface area contributed by atoms with Crippen LogP contribution in [-0.4, -0.2) is 45.6 Å². The standard InChI is InChI=1S/C25H26F2N4O3S/c1-4-10-35(33,34)30-21-9-8-20(26)22(23(21)27)24(32)19-14-29-25-18(19)12-16(13-28-25)15-6-5-7-17(11-15)31(2)3/h5-9,11-13,19,30H,4,10,14H2,1-3H3,(H,28,29). The summed E-state index contributed by atoms with van der Waals surface area (Å²) in [5, 5.41) is 3.02. The number of carbonyl (C=O) groups is 1. The molecule has 2 heterocycles. The summed E-state index contributed by atoms with van der Waals surface area (Å²) in [5.74, 6) is -3.72. The number of pyridine rings is 1. The fourth-order valence-corrected chi connectivity index (χ4v) is 5.21. The highest BCUT2D eigenvalue weighted by molar-refractivity contribution is 7.92. The Kier molecular flexibility index (Phi) is 6.75. The van der Waals surface area contributed by atoms with Gasteiger partial charge < -0.3 is 10.2 Å². The van der Waals surface area contributed by atoms with Crippen LogP contribution in [0.1, 0.15) is 35.2 Å². The Morgan fingerprint density at radius 2 is 1.94 bits per heavy atom. The molecule has 0 spiro atoms. The highest BCUT2D eigenvalue weighted by Crippen LogP contribution is 2.37. The number of sulfonamides is 1. The summed E-state index contributed by atoms with van der Waals surface area (Å²) in [6, 6.07) is 11.4. The highest BCUT2D eigenvalue weighted by atomic mass is 32.2. The lowest BCUT2D eigenvalue weighted by Crippen LogP contribution is -2.21. The zero-order chi connectivity index (χ0) is 25.3. The lowest BCUT2D eigenvalue weighted by Gasteiger charge is -2.15. The molecule has 1 unspecified atom stereocenters. The SMILES string of the molecule is CCCS(=O)(=O)Nc1ccc(F)c(C(=O)C2CNc3ncc(-c4cccc(N(C)C)c4)cc32)c1F. The topological polar surface area (TPSA) is 91.4 Å². The fourth-order valence-electron chi connectivity index (χ4n) is 4.08. The summed E-state index contributed by atoms with van der Waals surface area (Å²) in [7, 11) is 0.0319. The highest BCUT2D eigenvalue weighted by Gasteiger charge is 2.34. The molecule has 184 valence electrons. The molecule has 10 heteroatoms. The van der Waals surface area contributed by atoms with E-state index < -0.39 is 44.6 Å². The molecule has 0 aliphatic carbocycles. The molecule has 4 rings (SSSR count). The molecular weight excluding hydrogens is 474 g/mol. The second-order valence-corrected chi connectivity index (χ2v) is 10.5. The lowest BCUT2D eigenvalue weighted by molar-refractivity contribution is 0.0958. The van der Waals surface area contributed by atoms with Gasteiger partial charge in [0.1, 0.15) is 11.6 Å². The summed E-state index contributed by atoms with van der Waals surface area (Å²) in [6.45, 7) is 1.78. The smallest absolute Gasteiger partial charge is 0.232 e. The molecule has 0 saturated carbocycles. The van der Waals surface area contributed by atoms with Gasteiger partial charge in [0, 0.05) is 43.7 Å². The Morgan fingerprint density at radius 3 is 2.66 bits per heavy atom. The van der Waals surface area contributed by atoms with Crippen molar-refractivity contribution in [2.45, 2.75) is 19.3 Å². The third kappa shape index (κ3) is 4.97. The monoisotopic (exact) mass is 500 g/mol. The fraction of sp³-hybridized carbons (Fsp3) is 0.280. The molecule has 1 aliphatic heterocycles. The van der Waals surface area contributed by atoms with Crippen molar-refractivity contribution in [3.63, 3.8) is 0 Å². The third-order valence-corrected chi connectivity index (χ3v) is 7.33. The third-order valence-electron chi connectivity index (χ3n) is 5.85. The molecule has 2 N–H and O–H groups in total. The molecule has 0 saturated heterocycles. The van der Waals surface area contributed by atoms with Gasteiger partial charge in [0.15, 0.2) is 11.6 Å². The van der Waals surface area contributed by atoms with Gasteiger partial charge in [-0.1, -0.05) is 19.1 Å². The number of hydrogen-bond donors (Lipinski definition) is 2.